The van der Waals surface area contributed by atoms with Crippen LogP contribution in [0.4, 0.5) is 0 Å². The molecular weight excluding hydrogens is 499 g/mol. The Hall–Kier alpha value is -4.25. The molecule has 0 atom stereocenters. The second-order valence-corrected chi connectivity index (χ2v) is 13.1. The Bertz CT molecular complexity index is 2060. The van der Waals surface area contributed by atoms with E-state index in [2.05, 4.69) is 118 Å². The van der Waals surface area contributed by atoms with Crippen LogP contribution in [0.5, 0.6) is 0 Å². The molecule has 0 bridgehead atoms. The molecule has 5 heterocycles. The molecule has 2 aliphatic rings. The van der Waals surface area contributed by atoms with Crippen molar-refractivity contribution < 1.29 is 4.57 Å². The number of benzene rings is 3. The Balaban J connectivity index is 1.51. The minimum Gasteiger partial charge on any atom is -0.242 e. The Morgan fingerprint density at radius 1 is 0.805 bits per heavy atom. The van der Waals surface area contributed by atoms with Crippen molar-refractivity contribution in [3.05, 3.63) is 112 Å². The zero-order valence-electron chi connectivity index (χ0n) is 24.7. The maximum atomic E-state index is 4.86. The van der Waals surface area contributed by atoms with E-state index < -0.39 is 0 Å². The van der Waals surface area contributed by atoms with Gasteiger partial charge in [0.25, 0.3) is 5.82 Å². The number of rotatable bonds is 1. The number of fused-ring (bicyclic) bond motifs is 7. The number of nitrogens with zero attached hydrogens (tertiary/aromatic N) is 4. The van der Waals surface area contributed by atoms with Crippen LogP contribution in [-0.2, 0) is 25.3 Å². The van der Waals surface area contributed by atoms with Crippen LogP contribution < -0.4 is 21.0 Å². The predicted octanol–water partition coefficient (Wildman–Crippen LogP) is 4.64. The van der Waals surface area contributed by atoms with E-state index in [-0.39, 0.29) is 12.1 Å². The summed E-state index contributed by atoms with van der Waals surface area (Å²) in [6.07, 6.45) is 5.72. The first-order valence-electron chi connectivity index (χ1n) is 14.7. The summed E-state index contributed by atoms with van der Waals surface area (Å²) in [7, 11) is 2.16. The molecule has 0 unspecified atom stereocenters. The quantitative estimate of drug-likeness (QED) is 0.228. The minimum absolute atomic E-state index is 0.0550. The number of aromatic nitrogens is 4. The molecule has 0 N–H and O–H groups in total. The molecule has 200 valence electrons. The molecule has 0 amide bonds. The summed E-state index contributed by atoms with van der Waals surface area (Å²) in [5.41, 5.74) is 16.0. The highest BCUT2D eigenvalue weighted by atomic mass is 15.1. The fraction of sp³-hybridized carbons (Fsp3) is 0.250. The van der Waals surface area contributed by atoms with Crippen LogP contribution in [0.15, 0.2) is 73.2 Å². The molecule has 3 aromatic heterocycles. The van der Waals surface area contributed by atoms with Crippen molar-refractivity contribution in [3.63, 3.8) is 0 Å². The molecule has 0 spiro atoms. The molecule has 0 aliphatic carbocycles. The fourth-order valence-corrected chi connectivity index (χ4v) is 7.62. The van der Waals surface area contributed by atoms with Crippen molar-refractivity contribution in [2.45, 2.75) is 52.9 Å². The summed E-state index contributed by atoms with van der Waals surface area (Å²) in [6.45, 7) is 11.6. The number of pyridine rings is 1. The molecule has 4 nitrogen and oxygen atoms in total. The summed E-state index contributed by atoms with van der Waals surface area (Å²) < 4.78 is 4.77. The van der Waals surface area contributed by atoms with Crippen LogP contribution in [0.3, 0.4) is 0 Å². The molecule has 0 saturated carbocycles. The molecule has 3 aromatic carbocycles. The predicted molar refractivity (Wildman–Crippen MR) is 169 cm³/mol. The molecular formula is C36H34BN4+. The van der Waals surface area contributed by atoms with Crippen molar-refractivity contribution >= 4 is 44.9 Å². The minimum atomic E-state index is 0.0550. The summed E-state index contributed by atoms with van der Waals surface area (Å²) >= 11 is 0. The average molecular weight is 534 g/mol. The lowest BCUT2D eigenvalue weighted by molar-refractivity contribution is -0.665. The van der Waals surface area contributed by atoms with E-state index >= 15 is 0 Å². The average Bonchev–Trinajstić information content (AvgIpc) is 3.27. The van der Waals surface area contributed by atoms with E-state index in [1.54, 1.807) is 6.33 Å². The van der Waals surface area contributed by atoms with Crippen molar-refractivity contribution in [2.24, 2.45) is 7.05 Å². The van der Waals surface area contributed by atoms with Gasteiger partial charge in [0.2, 0.25) is 6.71 Å². The van der Waals surface area contributed by atoms with E-state index in [0.29, 0.717) is 0 Å². The molecule has 41 heavy (non-hydrogen) atoms. The standard InChI is InChI=1S/C36H34BN4/c1-21-10-9-11-23-17-28-34-29(39-20-38-28)18-24-16-27-26-12-7-8-13-30(26)41(35(27)22(2)33(24)37(34)32(21)23)31-19-25(36(3,4)5)14-15-40(31)6/h7-16,19-20H,17-18H2,1-6H3/q+1. The number of hydrogen-bond donors (Lipinski definition) is 0. The van der Waals surface area contributed by atoms with Gasteiger partial charge in [-0.25, -0.2) is 14.5 Å². The van der Waals surface area contributed by atoms with Gasteiger partial charge in [0.15, 0.2) is 0 Å². The zero-order chi connectivity index (χ0) is 28.2. The van der Waals surface area contributed by atoms with Gasteiger partial charge in [-0.2, -0.15) is 4.57 Å². The van der Waals surface area contributed by atoms with E-state index in [0.717, 1.165) is 12.8 Å². The highest BCUT2D eigenvalue weighted by Crippen LogP contribution is 2.36. The number of aryl methyl sites for hydroxylation is 3. The molecule has 0 saturated heterocycles. The van der Waals surface area contributed by atoms with Gasteiger partial charge in [0, 0.05) is 41.1 Å². The van der Waals surface area contributed by atoms with Gasteiger partial charge < -0.3 is 0 Å². The largest absolute Gasteiger partial charge is 0.286 e. The Morgan fingerprint density at radius 2 is 1.56 bits per heavy atom. The van der Waals surface area contributed by atoms with E-state index in [4.69, 9.17) is 9.97 Å². The van der Waals surface area contributed by atoms with Crippen LogP contribution in [0.25, 0.3) is 27.6 Å². The summed E-state index contributed by atoms with van der Waals surface area (Å²) in [6, 6.07) is 22.8. The second-order valence-electron chi connectivity index (χ2n) is 13.1. The Labute approximate surface area is 241 Å². The first-order valence-corrected chi connectivity index (χ1v) is 14.7. The lowest BCUT2D eigenvalue weighted by Crippen LogP contribution is -2.63. The van der Waals surface area contributed by atoms with E-state index in [1.807, 2.05) is 0 Å². The monoisotopic (exact) mass is 533 g/mol. The van der Waals surface area contributed by atoms with Gasteiger partial charge in [-0.05, 0) is 71.2 Å². The molecule has 6 aromatic rings. The van der Waals surface area contributed by atoms with Crippen LogP contribution in [0.2, 0.25) is 0 Å². The Kier molecular flexibility index (Phi) is 5.02. The van der Waals surface area contributed by atoms with Crippen molar-refractivity contribution in [1.82, 2.24) is 14.5 Å². The van der Waals surface area contributed by atoms with Gasteiger partial charge in [0.1, 0.15) is 17.4 Å². The topological polar surface area (TPSA) is 34.6 Å². The van der Waals surface area contributed by atoms with Gasteiger partial charge in [-0.1, -0.05) is 67.6 Å². The van der Waals surface area contributed by atoms with Crippen molar-refractivity contribution in [1.29, 1.82) is 0 Å². The van der Waals surface area contributed by atoms with Crippen LogP contribution >= 0.6 is 0 Å². The van der Waals surface area contributed by atoms with E-state index in [1.165, 1.54) is 83.2 Å². The van der Waals surface area contributed by atoms with E-state index in [9.17, 15) is 0 Å². The third kappa shape index (κ3) is 3.38. The highest BCUT2D eigenvalue weighted by Gasteiger charge is 2.41. The third-order valence-corrected chi connectivity index (χ3v) is 9.60. The van der Waals surface area contributed by atoms with Crippen LogP contribution in [0.1, 0.15) is 60.0 Å². The maximum absolute atomic E-state index is 4.86. The van der Waals surface area contributed by atoms with Gasteiger partial charge >= 0.3 is 0 Å². The molecule has 0 fully saturated rings. The van der Waals surface area contributed by atoms with Gasteiger partial charge in [-0.15, -0.1) is 0 Å². The lowest BCUT2D eigenvalue weighted by atomic mass is 9.30. The maximum Gasteiger partial charge on any atom is 0.286 e. The van der Waals surface area contributed by atoms with Crippen LogP contribution in [-0.4, -0.2) is 21.2 Å². The third-order valence-electron chi connectivity index (χ3n) is 9.60. The molecule has 2 aliphatic heterocycles. The summed E-state index contributed by atoms with van der Waals surface area (Å²) in [5.74, 6) is 1.19. The molecule has 8 rings (SSSR count). The SMILES string of the molecule is Cc1cccc2c1B1c3c(ncnc3Cc3cc4c5ccccc5n(-c5cc(C(C)(C)C)cc[n+]5C)c4c(C)c31)C2. The van der Waals surface area contributed by atoms with Crippen LogP contribution in [0, 0.1) is 13.8 Å². The second kappa shape index (κ2) is 8.39. The van der Waals surface area contributed by atoms with Gasteiger partial charge in [0.05, 0.1) is 13.2 Å². The first kappa shape index (κ1) is 24.5. The number of para-hydroxylation sites is 1. The first-order chi connectivity index (χ1) is 19.7. The van der Waals surface area contributed by atoms with Crippen molar-refractivity contribution in [3.8, 4) is 5.82 Å². The highest BCUT2D eigenvalue weighted by molar-refractivity contribution is 6.97. The normalized spacial score (nSPS) is 13.9. The summed E-state index contributed by atoms with van der Waals surface area (Å²) in [5, 5.41) is 2.61. The van der Waals surface area contributed by atoms with Gasteiger partial charge in [-0.3, -0.25) is 0 Å². The fourth-order valence-electron chi connectivity index (χ4n) is 7.62. The summed E-state index contributed by atoms with van der Waals surface area (Å²) in [4.78, 5) is 9.69. The molecule has 5 heteroatoms. The Morgan fingerprint density at radius 3 is 2.34 bits per heavy atom. The smallest absolute Gasteiger partial charge is 0.242 e. The number of hydrogen-bond acceptors (Lipinski definition) is 2. The molecule has 0 radical (unpaired) electrons. The lowest BCUT2D eigenvalue weighted by Gasteiger charge is -2.34. The zero-order valence-corrected chi connectivity index (χ0v) is 24.7. The van der Waals surface area contributed by atoms with Crippen molar-refractivity contribution in [2.75, 3.05) is 0 Å².